The zero-order valence-electron chi connectivity index (χ0n) is 29.5. The number of carbonyl (C=O) groups is 3. The maximum absolute atomic E-state index is 13.8. The van der Waals surface area contributed by atoms with Gasteiger partial charge in [-0.05, 0) is 31.9 Å². The van der Waals surface area contributed by atoms with Crippen LogP contribution in [0.4, 0.5) is 5.69 Å². The summed E-state index contributed by atoms with van der Waals surface area (Å²) in [5.41, 5.74) is 3.87. The van der Waals surface area contributed by atoms with Crippen LogP contribution in [0.15, 0.2) is 48.5 Å². The minimum atomic E-state index is -0.586. The van der Waals surface area contributed by atoms with Crippen molar-refractivity contribution in [2.24, 2.45) is 11.3 Å². The molecule has 0 spiro atoms. The average Bonchev–Trinajstić information content (AvgIpc) is 3.47. The maximum Gasteiger partial charge on any atom is 0.227 e. The van der Waals surface area contributed by atoms with E-state index in [1.54, 1.807) is 12.0 Å². The van der Waals surface area contributed by atoms with E-state index in [2.05, 4.69) is 15.6 Å². The van der Waals surface area contributed by atoms with Gasteiger partial charge in [-0.25, -0.2) is 4.68 Å². The van der Waals surface area contributed by atoms with Crippen molar-refractivity contribution in [1.29, 1.82) is 0 Å². The van der Waals surface area contributed by atoms with E-state index in [0.717, 1.165) is 28.1 Å². The number of fused-ring (bicyclic) bond motifs is 5. The van der Waals surface area contributed by atoms with Crippen LogP contribution in [0.3, 0.4) is 0 Å². The van der Waals surface area contributed by atoms with Crippen molar-refractivity contribution in [2.45, 2.75) is 79.5 Å². The minimum absolute atomic E-state index is 0.0477. The molecule has 2 amide bonds. The first-order chi connectivity index (χ1) is 22.8. The van der Waals surface area contributed by atoms with Crippen molar-refractivity contribution in [2.75, 3.05) is 45.0 Å². The van der Waals surface area contributed by atoms with Gasteiger partial charge in [0.15, 0.2) is 0 Å². The molecule has 48 heavy (non-hydrogen) atoms. The highest BCUT2D eigenvalue weighted by Crippen LogP contribution is 2.41. The number of Topliss-reactive ketones (excluding diaryl/α,β-unsaturated/α-hetero) is 1. The molecule has 1 N–H and O–H groups in total. The summed E-state index contributed by atoms with van der Waals surface area (Å²) in [4.78, 5) is 41.0. The molecule has 0 fully saturated rings. The van der Waals surface area contributed by atoms with Crippen molar-refractivity contribution in [3.05, 3.63) is 54.1 Å². The first-order valence-corrected chi connectivity index (χ1v) is 16.8. The summed E-state index contributed by atoms with van der Waals surface area (Å²) in [6.45, 7) is 14.5. The quantitative estimate of drug-likeness (QED) is 0.189. The number of nitrogens with one attached hydrogen (secondary N) is 1. The van der Waals surface area contributed by atoms with E-state index in [-0.39, 0.29) is 36.4 Å². The Morgan fingerprint density at radius 2 is 1.65 bits per heavy atom. The number of benzene rings is 2. The van der Waals surface area contributed by atoms with E-state index in [0.29, 0.717) is 58.2 Å². The van der Waals surface area contributed by atoms with Gasteiger partial charge >= 0.3 is 0 Å². The molecule has 260 valence electrons. The number of ketones is 1. The van der Waals surface area contributed by atoms with Crippen molar-refractivity contribution in [1.82, 2.24) is 20.3 Å². The predicted molar refractivity (Wildman–Crippen MR) is 185 cm³/mol. The largest absolute Gasteiger partial charge is 0.382 e. The van der Waals surface area contributed by atoms with Crippen molar-refractivity contribution >= 4 is 23.3 Å². The van der Waals surface area contributed by atoms with Gasteiger partial charge in [0.2, 0.25) is 11.8 Å². The summed E-state index contributed by atoms with van der Waals surface area (Å²) in [6.07, 6.45) is 0.671. The number of nitrogens with zero attached hydrogens (tertiary/aromatic N) is 4. The SMILES string of the molecule is COCCOCCn1nnc2c1-c1ccccc1CN(C(=O)CCC(=O)NCCC(C)(C)OCC(C)(C)C(=O)C(C)C)c1ccccc1-2. The first-order valence-electron chi connectivity index (χ1n) is 16.8. The van der Waals surface area contributed by atoms with E-state index in [1.807, 2.05) is 94.8 Å². The number of amides is 2. The summed E-state index contributed by atoms with van der Waals surface area (Å²) in [5, 5.41) is 12.0. The van der Waals surface area contributed by atoms with Gasteiger partial charge in [0.1, 0.15) is 11.5 Å². The number of aromatic nitrogens is 3. The molecule has 3 aromatic rings. The van der Waals surface area contributed by atoms with Crippen LogP contribution in [-0.4, -0.2) is 78.3 Å². The predicted octanol–water partition coefficient (Wildman–Crippen LogP) is 5.45. The number of hydrogen-bond acceptors (Lipinski definition) is 8. The molecule has 0 saturated carbocycles. The zero-order valence-corrected chi connectivity index (χ0v) is 29.5. The molecule has 2 heterocycles. The fourth-order valence-electron chi connectivity index (χ4n) is 5.84. The molecule has 1 aromatic heterocycles. The molecule has 11 heteroatoms. The highest BCUT2D eigenvalue weighted by molar-refractivity contribution is 6.01. The summed E-state index contributed by atoms with van der Waals surface area (Å²) >= 11 is 0. The first kappa shape index (κ1) is 36.9. The lowest BCUT2D eigenvalue weighted by Crippen LogP contribution is -2.39. The molecule has 11 nitrogen and oxygen atoms in total. The molecule has 0 atom stereocenters. The lowest BCUT2D eigenvalue weighted by molar-refractivity contribution is -0.138. The van der Waals surface area contributed by atoms with Gasteiger partial charge in [-0.15, -0.1) is 5.10 Å². The Balaban J connectivity index is 1.41. The Hall–Kier alpha value is -3.93. The summed E-state index contributed by atoms with van der Waals surface area (Å²) in [7, 11) is 1.64. The van der Waals surface area contributed by atoms with E-state index < -0.39 is 11.0 Å². The van der Waals surface area contributed by atoms with Crippen LogP contribution in [0.1, 0.15) is 66.4 Å². The Morgan fingerprint density at radius 1 is 0.938 bits per heavy atom. The van der Waals surface area contributed by atoms with Crippen LogP contribution in [0.2, 0.25) is 0 Å². The normalized spacial score (nSPS) is 13.0. The van der Waals surface area contributed by atoms with Gasteiger partial charge in [0.25, 0.3) is 0 Å². The molecule has 0 unspecified atom stereocenters. The highest BCUT2D eigenvalue weighted by atomic mass is 16.5. The number of rotatable bonds is 17. The standard InChI is InChI=1S/C37H51N5O6/c1-26(2)35(45)36(3,4)25-48-37(5,6)18-19-38-31(43)16-17-32(44)41-24-27-12-8-9-13-28(27)34-33(29-14-10-11-15-30(29)41)39-40-42(34)20-21-47-23-22-46-7/h8-15,26H,16-25H2,1-7H3,(H,38,43). The minimum Gasteiger partial charge on any atom is -0.382 e. The molecule has 0 saturated heterocycles. The molecule has 1 aliphatic rings. The number of para-hydroxylation sites is 1. The lowest BCUT2D eigenvalue weighted by atomic mass is 9.83. The third kappa shape index (κ3) is 9.36. The maximum atomic E-state index is 13.8. The van der Waals surface area contributed by atoms with Crippen LogP contribution in [0.25, 0.3) is 22.5 Å². The molecule has 0 aliphatic carbocycles. The van der Waals surface area contributed by atoms with Gasteiger partial charge in [0.05, 0.1) is 56.5 Å². The van der Waals surface area contributed by atoms with Crippen LogP contribution in [-0.2, 0) is 41.7 Å². The van der Waals surface area contributed by atoms with Crippen molar-refractivity contribution in [3.8, 4) is 22.5 Å². The smallest absolute Gasteiger partial charge is 0.227 e. The van der Waals surface area contributed by atoms with Gasteiger partial charge in [0, 0.05) is 49.0 Å². The summed E-state index contributed by atoms with van der Waals surface area (Å²) in [6, 6.07) is 15.7. The lowest BCUT2D eigenvalue weighted by Gasteiger charge is -2.32. The van der Waals surface area contributed by atoms with Crippen molar-refractivity contribution in [3.63, 3.8) is 0 Å². The Bertz CT molecular complexity index is 1560. The third-order valence-corrected chi connectivity index (χ3v) is 8.60. The zero-order chi connectivity index (χ0) is 34.9. The molecule has 0 bridgehead atoms. The molecular formula is C37H51N5O6. The summed E-state index contributed by atoms with van der Waals surface area (Å²) in [5.74, 6) is -0.261. The Morgan fingerprint density at radius 3 is 2.38 bits per heavy atom. The van der Waals surface area contributed by atoms with E-state index in [9.17, 15) is 14.4 Å². The van der Waals surface area contributed by atoms with Crippen LogP contribution >= 0.6 is 0 Å². The van der Waals surface area contributed by atoms with E-state index in [4.69, 9.17) is 14.2 Å². The van der Waals surface area contributed by atoms with Crippen molar-refractivity contribution < 1.29 is 28.6 Å². The fourth-order valence-corrected chi connectivity index (χ4v) is 5.84. The topological polar surface area (TPSA) is 125 Å². The van der Waals surface area contributed by atoms with E-state index >= 15 is 0 Å². The molecular weight excluding hydrogens is 610 g/mol. The van der Waals surface area contributed by atoms with Crippen LogP contribution in [0.5, 0.6) is 0 Å². The summed E-state index contributed by atoms with van der Waals surface area (Å²) < 4.78 is 18.8. The molecule has 1 aliphatic heterocycles. The second-order valence-corrected chi connectivity index (χ2v) is 13.8. The second-order valence-electron chi connectivity index (χ2n) is 13.8. The van der Waals surface area contributed by atoms with Crippen LogP contribution < -0.4 is 10.2 Å². The monoisotopic (exact) mass is 661 g/mol. The van der Waals surface area contributed by atoms with Crippen LogP contribution in [0, 0.1) is 11.3 Å². The Kier molecular flexibility index (Phi) is 12.6. The molecule has 2 aromatic carbocycles. The van der Waals surface area contributed by atoms with Gasteiger partial charge in [-0.2, -0.15) is 0 Å². The average molecular weight is 662 g/mol. The molecule has 4 rings (SSSR count). The number of hydrogen-bond donors (Lipinski definition) is 1. The number of anilines is 1. The number of methoxy groups -OCH3 is 1. The second kappa shape index (κ2) is 16.5. The number of ether oxygens (including phenoxy) is 3. The fraction of sp³-hybridized carbons (Fsp3) is 0.541. The van der Waals surface area contributed by atoms with E-state index in [1.165, 1.54) is 0 Å². The number of carbonyl (C=O) groups excluding carboxylic acids is 3. The highest BCUT2D eigenvalue weighted by Gasteiger charge is 2.33. The molecule has 0 radical (unpaired) electrons. The van der Waals surface area contributed by atoms with Gasteiger partial charge < -0.3 is 24.4 Å². The third-order valence-electron chi connectivity index (χ3n) is 8.60. The Labute approximate surface area is 284 Å². The van der Waals surface area contributed by atoms with Gasteiger partial charge in [-0.3, -0.25) is 14.4 Å². The van der Waals surface area contributed by atoms with Gasteiger partial charge in [-0.1, -0.05) is 75.4 Å².